The monoisotopic (exact) mass is 648 g/mol. The fourth-order valence-electron chi connectivity index (χ4n) is 14.5. The number of carbonyl (C=O) groups is 2. The van der Waals surface area contributed by atoms with Gasteiger partial charge >= 0.3 is 11.9 Å². The predicted octanol–water partition coefficient (Wildman–Crippen LogP) is 8.25. The largest absolute Gasteiger partial charge is 0.458 e. The van der Waals surface area contributed by atoms with Crippen molar-refractivity contribution in [3.8, 4) is 0 Å². The third kappa shape index (κ3) is 4.22. The van der Waals surface area contributed by atoms with E-state index in [-0.39, 0.29) is 46.5 Å². The Bertz CT molecular complexity index is 1410. The van der Waals surface area contributed by atoms with Gasteiger partial charge in [0.25, 0.3) is 0 Å². The van der Waals surface area contributed by atoms with Crippen molar-refractivity contribution >= 4 is 11.9 Å². The third-order valence-electron chi connectivity index (χ3n) is 16.5. The number of benzene rings is 1. The average molecular weight is 649 g/mol. The van der Waals surface area contributed by atoms with Gasteiger partial charge in [-0.3, -0.25) is 4.79 Å². The molecule has 6 nitrogen and oxygen atoms in total. The van der Waals surface area contributed by atoms with Crippen LogP contribution < -0.4 is 0 Å². The van der Waals surface area contributed by atoms with Crippen LogP contribution in [0.1, 0.15) is 125 Å². The Balaban J connectivity index is 1.18. The molecule has 6 aliphatic rings. The van der Waals surface area contributed by atoms with Gasteiger partial charge in [0, 0.05) is 12.3 Å². The van der Waals surface area contributed by atoms with E-state index in [2.05, 4.69) is 48.5 Å². The Hall–Kier alpha value is -1.92. The van der Waals surface area contributed by atoms with Crippen LogP contribution in [0.2, 0.25) is 0 Å². The summed E-state index contributed by atoms with van der Waals surface area (Å²) in [6, 6.07) is 9.47. The molecular weight excluding hydrogens is 588 g/mol. The molecule has 1 aliphatic heterocycles. The number of ether oxygens (including phenoxy) is 3. The lowest BCUT2D eigenvalue weighted by Gasteiger charge is -2.64. The van der Waals surface area contributed by atoms with Crippen LogP contribution in [0.5, 0.6) is 0 Å². The molecule has 6 heteroatoms. The molecule has 0 bridgehead atoms. The van der Waals surface area contributed by atoms with Gasteiger partial charge in [-0.15, -0.1) is 0 Å². The van der Waals surface area contributed by atoms with Gasteiger partial charge in [-0.1, -0.05) is 66.7 Å². The highest BCUT2D eigenvalue weighted by Gasteiger charge is 2.87. The van der Waals surface area contributed by atoms with E-state index >= 15 is 0 Å². The van der Waals surface area contributed by atoms with Crippen LogP contribution in [0, 0.1) is 62.6 Å². The van der Waals surface area contributed by atoms with E-state index in [1.165, 1.54) is 32.6 Å². The summed E-state index contributed by atoms with van der Waals surface area (Å²) >= 11 is 0. The van der Waals surface area contributed by atoms with Gasteiger partial charge in [-0.05, 0) is 128 Å². The van der Waals surface area contributed by atoms with Crippen molar-refractivity contribution in [2.24, 2.45) is 62.6 Å². The van der Waals surface area contributed by atoms with Crippen molar-refractivity contribution in [3.63, 3.8) is 0 Å². The highest BCUT2D eigenvalue weighted by atomic mass is 16.6. The first kappa shape index (κ1) is 33.6. The van der Waals surface area contributed by atoms with Gasteiger partial charge < -0.3 is 19.3 Å². The maximum atomic E-state index is 13.2. The molecule has 5 saturated carbocycles. The standard InChI is InChI=1S/C41H60O6/c1-23-22-28(34(37(7,8)44)45-26(4)42)46-33-24(2)39(10)30-17-16-29-36(5,6)31(47-35(43)27-14-12-11-13-15-27)18-19-40(29)25(3)41(30,40)21-20-38(39,9)32(23)33/h11-15,23-25,28-34,44H,16-22H2,1-10H3/t23-,24+,25-,28-,29+,30+,31+,32+,33-,34+,38-,39+,40-,41+/m1/s1. The molecule has 1 heterocycles. The summed E-state index contributed by atoms with van der Waals surface area (Å²) in [5.41, 5.74) is 0.230. The van der Waals surface area contributed by atoms with Crippen LogP contribution in [-0.2, 0) is 19.0 Å². The number of aliphatic hydroxyl groups is 1. The fraction of sp³-hybridized carbons (Fsp3) is 0.805. The molecule has 0 unspecified atom stereocenters. The van der Waals surface area contributed by atoms with E-state index in [4.69, 9.17) is 14.2 Å². The molecule has 0 radical (unpaired) electrons. The lowest BCUT2D eigenvalue weighted by molar-refractivity contribution is -0.211. The summed E-state index contributed by atoms with van der Waals surface area (Å²) in [6.45, 7) is 22.3. The molecule has 47 heavy (non-hydrogen) atoms. The van der Waals surface area contributed by atoms with Gasteiger partial charge in [0.1, 0.15) is 6.10 Å². The normalized spacial score (nSPS) is 48.4. The molecular formula is C41H60O6. The van der Waals surface area contributed by atoms with E-state index in [1.807, 2.05) is 30.3 Å². The zero-order valence-corrected chi connectivity index (χ0v) is 30.6. The summed E-state index contributed by atoms with van der Waals surface area (Å²) in [6.07, 6.45) is 6.74. The number of rotatable bonds is 5. The van der Waals surface area contributed by atoms with E-state index in [1.54, 1.807) is 13.8 Å². The predicted molar refractivity (Wildman–Crippen MR) is 181 cm³/mol. The van der Waals surface area contributed by atoms with Crippen LogP contribution in [-0.4, -0.2) is 47.1 Å². The second-order valence-corrected chi connectivity index (χ2v) is 18.7. The summed E-state index contributed by atoms with van der Waals surface area (Å²) in [5.74, 6) is 2.43. The highest BCUT2D eigenvalue weighted by Crippen LogP contribution is 2.92. The SMILES string of the molecule is CC(=O)O[C@@H]([C@H]1C[C@@H](C)[C@H]2[C@H](O1)[C@H](C)[C@@]1(C)[C@@H]3CC[C@H]4C(C)(C)[C@@H](OC(=O)c5ccccc5)CC[C@@]45[C@@H](C)[C@@]35CC[C@]21C)C(C)(C)O. The van der Waals surface area contributed by atoms with Gasteiger partial charge in [-0.2, -0.15) is 0 Å². The smallest absolute Gasteiger partial charge is 0.338 e. The second kappa shape index (κ2) is 10.5. The molecule has 1 N–H and O–H groups in total. The molecule has 1 aromatic carbocycles. The number of esters is 2. The van der Waals surface area contributed by atoms with Gasteiger partial charge in [-0.25, -0.2) is 4.79 Å². The maximum absolute atomic E-state index is 13.2. The van der Waals surface area contributed by atoms with Crippen molar-refractivity contribution in [2.75, 3.05) is 0 Å². The summed E-state index contributed by atoms with van der Waals surface area (Å²) in [4.78, 5) is 25.4. The molecule has 1 aromatic rings. The molecule has 1 saturated heterocycles. The fourth-order valence-corrected chi connectivity index (χ4v) is 14.5. The molecule has 5 aliphatic carbocycles. The summed E-state index contributed by atoms with van der Waals surface area (Å²) in [7, 11) is 0. The first-order chi connectivity index (χ1) is 21.9. The first-order valence-corrected chi connectivity index (χ1v) is 18.7. The molecule has 0 aromatic heterocycles. The van der Waals surface area contributed by atoms with Crippen LogP contribution in [0.25, 0.3) is 0 Å². The van der Waals surface area contributed by atoms with Crippen LogP contribution in [0.4, 0.5) is 0 Å². The minimum absolute atomic E-state index is 0.0709. The molecule has 260 valence electrons. The first-order valence-electron chi connectivity index (χ1n) is 18.7. The molecule has 0 amide bonds. The van der Waals surface area contributed by atoms with E-state index < -0.39 is 11.7 Å². The lowest BCUT2D eigenvalue weighted by Crippen LogP contribution is -2.59. The number of hydrogen-bond donors (Lipinski definition) is 1. The van der Waals surface area contributed by atoms with E-state index in [9.17, 15) is 14.7 Å². The van der Waals surface area contributed by atoms with Crippen molar-refractivity contribution in [3.05, 3.63) is 35.9 Å². The lowest BCUT2D eigenvalue weighted by atomic mass is 9.40. The zero-order chi connectivity index (χ0) is 34.1. The van der Waals surface area contributed by atoms with E-state index in [0.29, 0.717) is 51.9 Å². The Kier molecular flexibility index (Phi) is 7.53. The third-order valence-corrected chi connectivity index (χ3v) is 16.5. The van der Waals surface area contributed by atoms with Crippen molar-refractivity contribution in [1.29, 1.82) is 0 Å². The number of hydrogen-bond acceptors (Lipinski definition) is 6. The maximum Gasteiger partial charge on any atom is 0.338 e. The average Bonchev–Trinajstić information content (AvgIpc) is 3.47. The Labute approximate surface area is 283 Å². The number of fused-ring (bicyclic) bond motifs is 4. The van der Waals surface area contributed by atoms with Crippen LogP contribution in [0.3, 0.4) is 0 Å². The van der Waals surface area contributed by atoms with Crippen LogP contribution >= 0.6 is 0 Å². The van der Waals surface area contributed by atoms with Gasteiger partial charge in [0.05, 0.1) is 23.4 Å². The van der Waals surface area contributed by atoms with Gasteiger partial charge in [0.2, 0.25) is 0 Å². The van der Waals surface area contributed by atoms with Crippen molar-refractivity contribution in [1.82, 2.24) is 0 Å². The highest BCUT2D eigenvalue weighted by molar-refractivity contribution is 5.89. The second-order valence-electron chi connectivity index (χ2n) is 18.7. The molecule has 7 rings (SSSR count). The Morgan fingerprint density at radius 2 is 1.57 bits per heavy atom. The quantitative estimate of drug-likeness (QED) is 0.324. The van der Waals surface area contributed by atoms with Gasteiger partial charge in [0.15, 0.2) is 6.10 Å². The minimum atomic E-state index is -1.19. The van der Waals surface area contributed by atoms with E-state index in [0.717, 1.165) is 19.3 Å². The summed E-state index contributed by atoms with van der Waals surface area (Å²) < 4.78 is 19.2. The van der Waals surface area contributed by atoms with Crippen molar-refractivity contribution < 1.29 is 28.9 Å². The summed E-state index contributed by atoms with van der Waals surface area (Å²) in [5, 5.41) is 11.1. The Morgan fingerprint density at radius 1 is 0.936 bits per heavy atom. The molecule has 14 atom stereocenters. The topological polar surface area (TPSA) is 82.1 Å². The molecule has 2 spiro atoms. The van der Waals surface area contributed by atoms with Crippen molar-refractivity contribution in [2.45, 2.75) is 144 Å². The molecule has 6 fully saturated rings. The Morgan fingerprint density at radius 3 is 2.21 bits per heavy atom. The minimum Gasteiger partial charge on any atom is -0.458 e. The zero-order valence-electron chi connectivity index (χ0n) is 30.6. The van der Waals surface area contributed by atoms with Crippen LogP contribution in [0.15, 0.2) is 30.3 Å². The number of carbonyl (C=O) groups excluding carboxylic acids is 2.